The lowest BCUT2D eigenvalue weighted by Gasteiger charge is -2.23. The van der Waals surface area contributed by atoms with Gasteiger partial charge in [-0.05, 0) is 68.6 Å². The smallest absolute Gasteiger partial charge is 0.228 e. The van der Waals surface area contributed by atoms with Gasteiger partial charge in [-0.15, -0.1) is 0 Å². The summed E-state index contributed by atoms with van der Waals surface area (Å²) in [6.07, 6.45) is 5.95. The number of nitrogens with zero attached hydrogens (tertiary/aromatic N) is 3. The number of nitrogens with one attached hydrogen (secondary N) is 1. The minimum absolute atomic E-state index is 0.0345. The van der Waals surface area contributed by atoms with Crippen LogP contribution in [0.25, 0.3) is 0 Å². The number of amides is 1. The van der Waals surface area contributed by atoms with Crippen molar-refractivity contribution in [1.82, 2.24) is 4.90 Å². The van der Waals surface area contributed by atoms with Gasteiger partial charge in [0.05, 0.1) is 17.6 Å². The molecule has 0 saturated carbocycles. The van der Waals surface area contributed by atoms with Gasteiger partial charge in [0.15, 0.2) is 0 Å². The Morgan fingerprint density at radius 1 is 1.23 bits per heavy atom. The highest BCUT2D eigenvalue weighted by Crippen LogP contribution is 2.25. The Labute approximate surface area is 218 Å². The maximum atomic E-state index is 12.7. The minimum atomic E-state index is -0.0345. The van der Waals surface area contributed by atoms with Crippen molar-refractivity contribution in [3.63, 3.8) is 0 Å². The van der Waals surface area contributed by atoms with Gasteiger partial charge >= 0.3 is 0 Å². The molecule has 1 atom stereocenters. The number of anilines is 2. The van der Waals surface area contributed by atoms with Gasteiger partial charge in [0.25, 0.3) is 0 Å². The molecule has 0 bridgehead atoms. The molecule has 1 N–H and O–H groups in total. The number of thiocarbonyl (C=S) groups is 1. The van der Waals surface area contributed by atoms with Crippen LogP contribution in [-0.2, 0) is 4.79 Å². The van der Waals surface area contributed by atoms with Crippen molar-refractivity contribution in [2.45, 2.75) is 32.6 Å². The number of hydrogen-bond donors (Lipinski definition) is 1. The number of hydrogen-bond acceptors (Lipinski definition) is 5. The predicted octanol–water partition coefficient (Wildman–Crippen LogP) is 5.77. The molecule has 2 aliphatic rings. The highest BCUT2D eigenvalue weighted by Gasteiger charge is 2.29. The summed E-state index contributed by atoms with van der Waals surface area (Å²) in [6, 6.07) is 15.7. The summed E-state index contributed by atoms with van der Waals surface area (Å²) in [5.74, 6) is 0.0121. The van der Waals surface area contributed by atoms with Crippen LogP contribution in [0.15, 0.2) is 54.1 Å². The van der Waals surface area contributed by atoms with Crippen molar-refractivity contribution < 1.29 is 4.79 Å². The molecule has 35 heavy (non-hydrogen) atoms. The van der Waals surface area contributed by atoms with Crippen LogP contribution in [0.4, 0.5) is 11.4 Å². The summed E-state index contributed by atoms with van der Waals surface area (Å²) >= 11 is 11.9. The summed E-state index contributed by atoms with van der Waals surface area (Å²) in [5, 5.41) is 12.9. The third-order valence-electron chi connectivity index (χ3n) is 6.78. The fourth-order valence-electron chi connectivity index (χ4n) is 4.77. The Hall–Kier alpha value is -2.72. The van der Waals surface area contributed by atoms with E-state index in [9.17, 15) is 10.1 Å². The normalized spacial score (nSPS) is 18.5. The van der Waals surface area contributed by atoms with E-state index in [0.29, 0.717) is 10.6 Å². The number of rotatable bonds is 7. The number of likely N-dealkylation sites (tertiary alicyclic amines) is 1. The van der Waals surface area contributed by atoms with E-state index in [4.69, 9.17) is 23.8 Å². The summed E-state index contributed by atoms with van der Waals surface area (Å²) in [4.78, 5) is 18.4. The molecule has 0 spiro atoms. The molecule has 1 amide bonds. The average molecular weight is 507 g/mol. The van der Waals surface area contributed by atoms with Gasteiger partial charge in [0.1, 0.15) is 0 Å². The molecule has 5 nitrogen and oxygen atoms in total. The molecule has 4 rings (SSSR count). The van der Waals surface area contributed by atoms with Gasteiger partial charge < -0.3 is 10.2 Å². The third kappa shape index (κ3) is 6.91. The summed E-state index contributed by atoms with van der Waals surface area (Å²) in [5.41, 5.74) is 4.93. The molecule has 0 radical (unpaired) electrons. The fraction of sp³-hybridized carbons (Fsp3) is 0.393. The number of aryl methyl sites for hydroxylation is 1. The molecule has 0 aromatic heterocycles. The van der Waals surface area contributed by atoms with Crippen LogP contribution in [0, 0.1) is 24.2 Å². The van der Waals surface area contributed by atoms with Crippen LogP contribution in [-0.4, -0.2) is 48.4 Å². The summed E-state index contributed by atoms with van der Waals surface area (Å²) in [6.45, 7) is 6.18. The number of carbonyl (C=O) groups excluding carboxylic acids is 1. The Morgan fingerprint density at radius 2 is 2.09 bits per heavy atom. The first kappa shape index (κ1) is 25.4. The van der Waals surface area contributed by atoms with Crippen molar-refractivity contribution in [3.05, 3.63) is 70.3 Å². The van der Waals surface area contributed by atoms with Gasteiger partial charge in [-0.3, -0.25) is 9.69 Å². The number of carbonyl (C=O) groups is 1. The van der Waals surface area contributed by atoms with Gasteiger partial charge in [-0.1, -0.05) is 47.6 Å². The Balaban J connectivity index is 1.23. The number of benzene rings is 2. The molecule has 2 aliphatic heterocycles. The molecular formula is C28H31ClN4OS. The standard InChI is InChI=1S/C28H31ClN4OS/c1-20-7-8-24(16-27(20)29)31-28(34)23-10-12-32(18-23)19-26(35)15-21-5-3-11-33(13-9-21)25-6-2-4-22(14-25)17-30/h2,4-8,14,16,23H,3,9-13,15,18-19H2,1H3,(H,31,34). The Kier molecular flexibility index (Phi) is 8.56. The molecule has 2 aromatic carbocycles. The van der Waals surface area contributed by atoms with E-state index in [1.807, 2.05) is 37.3 Å². The summed E-state index contributed by atoms with van der Waals surface area (Å²) < 4.78 is 0. The van der Waals surface area contributed by atoms with Crippen molar-refractivity contribution in [1.29, 1.82) is 5.26 Å². The van der Waals surface area contributed by atoms with Crippen molar-refractivity contribution >= 4 is 46.0 Å². The second-order valence-corrected chi connectivity index (χ2v) is 10.4. The largest absolute Gasteiger partial charge is 0.371 e. The monoisotopic (exact) mass is 506 g/mol. The van der Waals surface area contributed by atoms with E-state index >= 15 is 0 Å². The first-order valence-corrected chi connectivity index (χ1v) is 12.9. The fourth-order valence-corrected chi connectivity index (χ4v) is 5.32. The molecule has 0 aliphatic carbocycles. The van der Waals surface area contributed by atoms with E-state index < -0.39 is 0 Å². The lowest BCUT2D eigenvalue weighted by atomic mass is 10.1. The molecule has 182 valence electrons. The lowest BCUT2D eigenvalue weighted by molar-refractivity contribution is -0.119. The summed E-state index contributed by atoms with van der Waals surface area (Å²) in [7, 11) is 0. The van der Waals surface area contributed by atoms with E-state index in [2.05, 4.69) is 33.3 Å². The average Bonchev–Trinajstić information content (AvgIpc) is 3.19. The zero-order valence-corrected chi connectivity index (χ0v) is 21.7. The molecule has 1 unspecified atom stereocenters. The highest BCUT2D eigenvalue weighted by molar-refractivity contribution is 7.80. The number of halogens is 1. The minimum Gasteiger partial charge on any atom is -0.371 e. The van der Waals surface area contributed by atoms with Crippen molar-refractivity contribution in [2.24, 2.45) is 5.92 Å². The quantitative estimate of drug-likeness (QED) is 0.381. The van der Waals surface area contributed by atoms with Crippen LogP contribution in [0.5, 0.6) is 0 Å². The van der Waals surface area contributed by atoms with E-state index in [0.717, 1.165) is 80.2 Å². The predicted molar refractivity (Wildman–Crippen MR) is 147 cm³/mol. The molecular weight excluding hydrogens is 476 g/mol. The maximum Gasteiger partial charge on any atom is 0.228 e. The molecule has 1 fully saturated rings. The van der Waals surface area contributed by atoms with E-state index in [1.54, 1.807) is 6.07 Å². The molecule has 7 heteroatoms. The zero-order valence-electron chi connectivity index (χ0n) is 20.1. The Morgan fingerprint density at radius 3 is 2.89 bits per heavy atom. The lowest BCUT2D eigenvalue weighted by Crippen LogP contribution is -2.30. The van der Waals surface area contributed by atoms with Gasteiger partial charge in [-0.2, -0.15) is 5.26 Å². The second-order valence-electron chi connectivity index (χ2n) is 9.44. The highest BCUT2D eigenvalue weighted by atomic mass is 35.5. The van der Waals surface area contributed by atoms with E-state index in [-0.39, 0.29) is 11.8 Å². The Bertz CT molecular complexity index is 1170. The molecule has 1 saturated heterocycles. The van der Waals surface area contributed by atoms with Gasteiger partial charge in [-0.25, -0.2) is 0 Å². The zero-order chi connectivity index (χ0) is 24.8. The van der Waals surface area contributed by atoms with Gasteiger partial charge in [0.2, 0.25) is 5.91 Å². The van der Waals surface area contributed by atoms with Gasteiger partial charge in [0, 0.05) is 53.9 Å². The van der Waals surface area contributed by atoms with Crippen molar-refractivity contribution in [2.75, 3.05) is 42.9 Å². The molecule has 2 aromatic rings. The van der Waals surface area contributed by atoms with Crippen LogP contribution < -0.4 is 10.2 Å². The van der Waals surface area contributed by atoms with Crippen LogP contribution in [0.3, 0.4) is 0 Å². The van der Waals surface area contributed by atoms with Crippen LogP contribution in [0.2, 0.25) is 5.02 Å². The second kappa shape index (κ2) is 11.8. The van der Waals surface area contributed by atoms with Crippen LogP contribution in [0.1, 0.15) is 36.8 Å². The van der Waals surface area contributed by atoms with Crippen molar-refractivity contribution in [3.8, 4) is 6.07 Å². The molecule has 2 heterocycles. The number of nitriles is 1. The third-order valence-corrected chi connectivity index (χ3v) is 7.46. The topological polar surface area (TPSA) is 59.4 Å². The first-order valence-electron chi connectivity index (χ1n) is 12.2. The maximum absolute atomic E-state index is 12.7. The van der Waals surface area contributed by atoms with Crippen LogP contribution >= 0.6 is 23.8 Å². The first-order chi connectivity index (χ1) is 16.9. The van der Waals surface area contributed by atoms with E-state index in [1.165, 1.54) is 5.57 Å². The SMILES string of the molecule is Cc1ccc(NC(=O)C2CCN(CC(=S)CC3=CCCN(c4cccc(C#N)c4)CC3)C2)cc1Cl.